The molecule has 1 aliphatic heterocycles. The number of piperidine rings is 1. The Morgan fingerprint density at radius 2 is 1.65 bits per heavy atom. The second-order valence-corrected chi connectivity index (χ2v) is 7.44. The molecule has 0 spiro atoms. The zero-order valence-electron chi connectivity index (χ0n) is 17.0. The van der Waals surface area contributed by atoms with Gasteiger partial charge in [-0.15, -0.1) is 0 Å². The van der Waals surface area contributed by atoms with Crippen molar-refractivity contribution in [1.82, 2.24) is 4.90 Å². The molecule has 1 fully saturated rings. The van der Waals surface area contributed by atoms with Crippen molar-refractivity contribution in [3.63, 3.8) is 0 Å². The van der Waals surface area contributed by atoms with E-state index in [1.54, 1.807) is 4.90 Å². The number of hydrogen-bond donors (Lipinski definition) is 0. The number of carbonyl (C=O) groups is 1. The first-order chi connectivity index (χ1) is 15.1. The van der Waals surface area contributed by atoms with E-state index in [-0.39, 0.29) is 17.8 Å². The summed E-state index contributed by atoms with van der Waals surface area (Å²) in [6.45, 7) is 1.30. The van der Waals surface area contributed by atoms with Crippen LogP contribution in [0.25, 0.3) is 0 Å². The molecule has 3 aromatic rings. The highest BCUT2D eigenvalue weighted by atomic mass is 19.1. The van der Waals surface area contributed by atoms with Crippen LogP contribution in [-0.2, 0) is 6.61 Å². The van der Waals surface area contributed by atoms with Crippen molar-refractivity contribution in [2.75, 3.05) is 13.1 Å². The maximum atomic E-state index is 13.8. The summed E-state index contributed by atoms with van der Waals surface area (Å²) >= 11 is 0. The van der Waals surface area contributed by atoms with E-state index in [4.69, 9.17) is 9.47 Å². The summed E-state index contributed by atoms with van der Waals surface area (Å²) in [4.78, 5) is 14.9. The Bertz CT molecular complexity index is 1030. The number of carbonyl (C=O) groups excluding carboxylic acids is 1. The average Bonchev–Trinajstić information content (AvgIpc) is 2.80. The van der Waals surface area contributed by atoms with Crippen LogP contribution in [0, 0.1) is 11.6 Å². The van der Waals surface area contributed by atoms with Gasteiger partial charge in [-0.2, -0.15) is 0 Å². The number of benzene rings is 3. The summed E-state index contributed by atoms with van der Waals surface area (Å²) in [6, 6.07) is 20.2. The van der Waals surface area contributed by atoms with Crippen LogP contribution in [-0.4, -0.2) is 30.0 Å². The van der Waals surface area contributed by atoms with E-state index >= 15 is 0 Å². The number of para-hydroxylation sites is 1. The van der Waals surface area contributed by atoms with Gasteiger partial charge in [0, 0.05) is 43.1 Å². The molecular weight excluding hydrogens is 400 g/mol. The van der Waals surface area contributed by atoms with E-state index in [9.17, 15) is 13.6 Å². The zero-order chi connectivity index (χ0) is 21.6. The lowest BCUT2D eigenvalue weighted by Gasteiger charge is -2.32. The van der Waals surface area contributed by atoms with Crippen LogP contribution in [0.1, 0.15) is 28.8 Å². The lowest BCUT2D eigenvalue weighted by atomic mass is 10.0. The fourth-order valence-electron chi connectivity index (χ4n) is 3.63. The molecule has 0 bridgehead atoms. The first kappa shape index (κ1) is 20.8. The molecule has 0 unspecified atom stereocenters. The van der Waals surface area contributed by atoms with Gasteiger partial charge in [-0.25, -0.2) is 8.78 Å². The normalized spacial score (nSPS) is 14.3. The smallest absolute Gasteiger partial charge is 0.254 e. The molecule has 0 N–H and O–H groups in total. The van der Waals surface area contributed by atoms with Crippen LogP contribution >= 0.6 is 0 Å². The first-order valence-electron chi connectivity index (χ1n) is 10.3. The molecule has 160 valence electrons. The van der Waals surface area contributed by atoms with E-state index < -0.39 is 11.6 Å². The third-order valence-corrected chi connectivity index (χ3v) is 5.30. The molecular formula is C25H23F2NO3. The average molecular weight is 423 g/mol. The van der Waals surface area contributed by atoms with Crippen LogP contribution in [0.4, 0.5) is 8.78 Å². The summed E-state index contributed by atoms with van der Waals surface area (Å²) in [6.07, 6.45) is 0.928. The van der Waals surface area contributed by atoms with Gasteiger partial charge in [-0.3, -0.25) is 4.79 Å². The summed E-state index contributed by atoms with van der Waals surface area (Å²) in [7, 11) is 0. The molecule has 1 heterocycles. The van der Waals surface area contributed by atoms with Gasteiger partial charge < -0.3 is 14.4 Å². The minimum Gasteiger partial charge on any atom is -0.489 e. The van der Waals surface area contributed by atoms with Gasteiger partial charge >= 0.3 is 0 Å². The summed E-state index contributed by atoms with van der Waals surface area (Å²) < 4.78 is 38.4. The first-order valence-corrected chi connectivity index (χ1v) is 10.3. The van der Waals surface area contributed by atoms with Crippen molar-refractivity contribution >= 4 is 5.91 Å². The Hall–Kier alpha value is -3.41. The Morgan fingerprint density at radius 1 is 0.935 bits per heavy atom. The minimum absolute atomic E-state index is 0.0367. The molecule has 0 aromatic heterocycles. The van der Waals surface area contributed by atoms with Gasteiger partial charge in [-0.1, -0.05) is 36.4 Å². The molecule has 3 aromatic carbocycles. The van der Waals surface area contributed by atoms with Crippen molar-refractivity contribution in [1.29, 1.82) is 0 Å². The van der Waals surface area contributed by atoms with Crippen LogP contribution in [0.5, 0.6) is 11.5 Å². The number of nitrogens with zero attached hydrogens (tertiary/aromatic N) is 1. The number of ether oxygens (including phenoxy) is 2. The molecule has 1 saturated heterocycles. The molecule has 4 nitrogen and oxygen atoms in total. The SMILES string of the molecule is O=C(c1ccccc1COc1ccccc1)N1CCC(Oc2ccc(F)cc2F)CC1. The molecule has 0 atom stereocenters. The van der Waals surface area contributed by atoms with Crippen molar-refractivity contribution < 1.29 is 23.0 Å². The van der Waals surface area contributed by atoms with Crippen LogP contribution < -0.4 is 9.47 Å². The Kier molecular flexibility index (Phi) is 6.46. The number of likely N-dealkylation sites (tertiary alicyclic amines) is 1. The fraction of sp³-hybridized carbons (Fsp3) is 0.240. The van der Waals surface area contributed by atoms with E-state index in [1.165, 1.54) is 12.1 Å². The third-order valence-electron chi connectivity index (χ3n) is 5.30. The largest absolute Gasteiger partial charge is 0.489 e. The molecule has 0 radical (unpaired) electrons. The summed E-state index contributed by atoms with van der Waals surface area (Å²) in [5.74, 6) is -0.630. The standard InChI is InChI=1S/C25H23F2NO3/c26-19-10-11-24(23(27)16-19)31-21-12-14-28(15-13-21)25(29)22-9-5-4-6-18(22)17-30-20-7-2-1-3-8-20/h1-11,16,21H,12-15,17H2. The molecule has 1 amide bonds. The Balaban J connectivity index is 1.36. The van der Waals surface area contributed by atoms with Gasteiger partial charge in [0.25, 0.3) is 5.91 Å². The maximum absolute atomic E-state index is 13.8. The van der Waals surface area contributed by atoms with E-state index in [2.05, 4.69) is 0 Å². The highest BCUT2D eigenvalue weighted by molar-refractivity contribution is 5.95. The predicted molar refractivity (Wildman–Crippen MR) is 113 cm³/mol. The monoisotopic (exact) mass is 423 g/mol. The van der Waals surface area contributed by atoms with Crippen molar-refractivity contribution in [2.24, 2.45) is 0 Å². The van der Waals surface area contributed by atoms with Gasteiger partial charge in [0.2, 0.25) is 0 Å². The second kappa shape index (κ2) is 9.60. The van der Waals surface area contributed by atoms with Gasteiger partial charge in [0.15, 0.2) is 11.6 Å². The lowest BCUT2D eigenvalue weighted by molar-refractivity contribution is 0.0586. The zero-order valence-corrected chi connectivity index (χ0v) is 17.0. The van der Waals surface area contributed by atoms with Crippen molar-refractivity contribution in [3.05, 3.63) is 95.6 Å². The van der Waals surface area contributed by atoms with Crippen LogP contribution in [0.15, 0.2) is 72.8 Å². The Morgan fingerprint density at radius 3 is 2.39 bits per heavy atom. The predicted octanol–water partition coefficient (Wildman–Crippen LogP) is 5.23. The molecule has 4 rings (SSSR count). The van der Waals surface area contributed by atoms with E-state index in [0.29, 0.717) is 38.1 Å². The van der Waals surface area contributed by atoms with Crippen molar-refractivity contribution in [3.8, 4) is 11.5 Å². The van der Waals surface area contributed by atoms with Crippen LogP contribution in [0.2, 0.25) is 0 Å². The molecule has 0 aliphatic carbocycles. The van der Waals surface area contributed by atoms with Gasteiger partial charge in [0.1, 0.15) is 24.3 Å². The molecule has 31 heavy (non-hydrogen) atoms. The van der Waals surface area contributed by atoms with E-state index in [0.717, 1.165) is 17.4 Å². The molecule has 0 saturated carbocycles. The number of amides is 1. The Labute approximate surface area is 180 Å². The minimum atomic E-state index is -0.717. The van der Waals surface area contributed by atoms with Gasteiger partial charge in [-0.05, 0) is 30.3 Å². The number of halogens is 2. The highest BCUT2D eigenvalue weighted by Gasteiger charge is 2.26. The van der Waals surface area contributed by atoms with Crippen LogP contribution in [0.3, 0.4) is 0 Å². The number of hydrogen-bond acceptors (Lipinski definition) is 3. The topological polar surface area (TPSA) is 38.8 Å². The highest BCUT2D eigenvalue weighted by Crippen LogP contribution is 2.24. The fourth-order valence-corrected chi connectivity index (χ4v) is 3.63. The second-order valence-electron chi connectivity index (χ2n) is 7.44. The third kappa shape index (κ3) is 5.20. The van der Waals surface area contributed by atoms with Crippen molar-refractivity contribution in [2.45, 2.75) is 25.6 Å². The summed E-state index contributed by atoms with van der Waals surface area (Å²) in [5, 5.41) is 0. The molecule has 1 aliphatic rings. The quantitative estimate of drug-likeness (QED) is 0.545. The lowest BCUT2D eigenvalue weighted by Crippen LogP contribution is -2.42. The van der Waals surface area contributed by atoms with E-state index in [1.807, 2.05) is 54.6 Å². The maximum Gasteiger partial charge on any atom is 0.254 e. The summed E-state index contributed by atoms with van der Waals surface area (Å²) in [5.41, 5.74) is 1.44. The van der Waals surface area contributed by atoms with Gasteiger partial charge in [0.05, 0.1) is 0 Å². The number of rotatable bonds is 6. The molecule has 6 heteroatoms.